The zero-order valence-corrected chi connectivity index (χ0v) is 11.3. The van der Waals surface area contributed by atoms with Gasteiger partial charge in [-0.15, -0.1) is 0 Å². The lowest BCUT2D eigenvalue weighted by atomic mass is 10.0. The molecule has 19 heavy (non-hydrogen) atoms. The zero-order valence-electron chi connectivity index (χ0n) is 11.3. The van der Waals surface area contributed by atoms with Crippen molar-refractivity contribution in [3.8, 4) is 0 Å². The number of carboxylic acids is 1. The van der Waals surface area contributed by atoms with Crippen LogP contribution in [0.5, 0.6) is 0 Å². The summed E-state index contributed by atoms with van der Waals surface area (Å²) in [6, 6.07) is -0.0888. The molecule has 1 aliphatic rings. The summed E-state index contributed by atoms with van der Waals surface area (Å²) in [6.07, 6.45) is 2.47. The molecule has 0 aliphatic carbocycles. The molecule has 1 aromatic rings. The lowest BCUT2D eigenvalue weighted by molar-refractivity contribution is -0.143. The summed E-state index contributed by atoms with van der Waals surface area (Å²) in [5.41, 5.74) is 0. The molecule has 0 aromatic carbocycles. The number of rotatable bonds is 6. The molecule has 2 rings (SSSR count). The molecule has 0 radical (unpaired) electrons. The minimum atomic E-state index is -0.790. The molecule has 7 nitrogen and oxygen atoms in total. The van der Waals surface area contributed by atoms with Crippen LogP contribution in [0.2, 0.25) is 0 Å². The van der Waals surface area contributed by atoms with Gasteiger partial charge < -0.3 is 9.84 Å². The van der Waals surface area contributed by atoms with Gasteiger partial charge in [0.15, 0.2) is 0 Å². The maximum absolute atomic E-state index is 11.3. The van der Waals surface area contributed by atoms with Crippen molar-refractivity contribution >= 4 is 5.97 Å². The second-order valence-corrected chi connectivity index (χ2v) is 4.82. The van der Waals surface area contributed by atoms with Crippen LogP contribution in [0, 0.1) is 5.92 Å². The van der Waals surface area contributed by atoms with Crippen LogP contribution in [-0.4, -0.2) is 56.5 Å². The van der Waals surface area contributed by atoms with Crippen LogP contribution in [0.3, 0.4) is 0 Å². The van der Waals surface area contributed by atoms with Gasteiger partial charge in [-0.1, -0.05) is 6.92 Å². The molecule has 0 saturated carbocycles. The van der Waals surface area contributed by atoms with Gasteiger partial charge >= 0.3 is 5.97 Å². The van der Waals surface area contributed by atoms with Crippen molar-refractivity contribution < 1.29 is 14.6 Å². The number of aromatic nitrogens is 3. The number of aliphatic carboxylic acids is 1. The molecular weight excluding hydrogens is 248 g/mol. The Balaban J connectivity index is 2.11. The van der Waals surface area contributed by atoms with Crippen LogP contribution >= 0.6 is 0 Å². The van der Waals surface area contributed by atoms with E-state index in [4.69, 9.17) is 4.74 Å². The Hall–Kier alpha value is -1.47. The maximum atomic E-state index is 11.3. The number of carbonyl (C=O) groups is 1. The Morgan fingerprint density at radius 1 is 1.63 bits per heavy atom. The third-order valence-electron chi connectivity index (χ3n) is 3.50. The van der Waals surface area contributed by atoms with Gasteiger partial charge in [-0.25, -0.2) is 4.98 Å². The predicted octanol–water partition coefficient (Wildman–Crippen LogP) is 0.127. The second-order valence-electron chi connectivity index (χ2n) is 4.82. The lowest BCUT2D eigenvalue weighted by Crippen LogP contribution is -2.43. The summed E-state index contributed by atoms with van der Waals surface area (Å²) in [4.78, 5) is 17.6. The van der Waals surface area contributed by atoms with Crippen molar-refractivity contribution in [1.29, 1.82) is 0 Å². The van der Waals surface area contributed by atoms with Crippen LogP contribution < -0.4 is 0 Å². The average Bonchev–Trinajstić information content (AvgIpc) is 2.98. The van der Waals surface area contributed by atoms with Crippen molar-refractivity contribution in [3.63, 3.8) is 0 Å². The summed E-state index contributed by atoms with van der Waals surface area (Å²) < 4.78 is 7.06. The Labute approximate surface area is 112 Å². The fourth-order valence-electron chi connectivity index (χ4n) is 2.43. The fourth-order valence-corrected chi connectivity index (χ4v) is 2.43. The van der Waals surface area contributed by atoms with Crippen LogP contribution in [-0.2, 0) is 23.1 Å². The first kappa shape index (κ1) is 14.0. The highest BCUT2D eigenvalue weighted by atomic mass is 16.5. The van der Waals surface area contributed by atoms with E-state index in [1.165, 1.54) is 6.33 Å². The molecule has 0 spiro atoms. The molecule has 2 unspecified atom stereocenters. The minimum Gasteiger partial charge on any atom is -0.481 e. The van der Waals surface area contributed by atoms with E-state index in [0.717, 1.165) is 18.8 Å². The number of hydrogen-bond donors (Lipinski definition) is 1. The molecule has 1 fully saturated rings. The Bertz CT molecular complexity index is 434. The van der Waals surface area contributed by atoms with Gasteiger partial charge in [0.05, 0.1) is 25.7 Å². The third kappa shape index (κ3) is 3.10. The predicted molar refractivity (Wildman–Crippen MR) is 67.4 cm³/mol. The largest absolute Gasteiger partial charge is 0.481 e. The minimum absolute atomic E-state index is 0.0888. The second kappa shape index (κ2) is 6.12. The summed E-state index contributed by atoms with van der Waals surface area (Å²) in [7, 11) is 1.84. The number of nitrogens with zero attached hydrogens (tertiary/aromatic N) is 4. The molecule has 1 saturated heterocycles. The van der Waals surface area contributed by atoms with Gasteiger partial charge in [0.25, 0.3) is 0 Å². The van der Waals surface area contributed by atoms with Gasteiger partial charge in [-0.3, -0.25) is 14.4 Å². The third-order valence-corrected chi connectivity index (χ3v) is 3.50. The average molecular weight is 268 g/mol. The van der Waals surface area contributed by atoms with Crippen LogP contribution in [0.15, 0.2) is 6.33 Å². The van der Waals surface area contributed by atoms with Crippen molar-refractivity contribution in [2.24, 2.45) is 13.0 Å². The van der Waals surface area contributed by atoms with E-state index in [9.17, 15) is 9.90 Å². The first-order valence-corrected chi connectivity index (χ1v) is 6.51. The number of hydrogen-bond acceptors (Lipinski definition) is 5. The van der Waals surface area contributed by atoms with Crippen LogP contribution in [0.1, 0.15) is 19.2 Å². The van der Waals surface area contributed by atoms with Crippen LogP contribution in [0.4, 0.5) is 0 Å². The number of aryl methyl sites for hydroxylation is 1. The quantitative estimate of drug-likeness (QED) is 0.789. The zero-order chi connectivity index (χ0) is 13.8. The summed E-state index contributed by atoms with van der Waals surface area (Å²) in [6.45, 7) is 4.26. The molecule has 1 aromatic heterocycles. The highest BCUT2D eigenvalue weighted by molar-refractivity contribution is 5.71. The molecule has 7 heteroatoms. The van der Waals surface area contributed by atoms with E-state index >= 15 is 0 Å². The first-order chi connectivity index (χ1) is 9.13. The number of carboxylic acid groups (broad SMARTS) is 1. The van der Waals surface area contributed by atoms with Gasteiger partial charge in [0.1, 0.15) is 12.2 Å². The molecule has 106 valence electrons. The maximum Gasteiger partial charge on any atom is 0.310 e. The first-order valence-electron chi connectivity index (χ1n) is 6.51. The number of ether oxygens (including phenoxy) is 1. The van der Waals surface area contributed by atoms with E-state index in [1.54, 1.807) is 4.68 Å². The Morgan fingerprint density at radius 3 is 3.00 bits per heavy atom. The van der Waals surface area contributed by atoms with Crippen molar-refractivity contribution in [2.45, 2.75) is 25.9 Å². The highest BCUT2D eigenvalue weighted by Gasteiger charge is 2.38. The Kier molecular flexibility index (Phi) is 4.49. The van der Waals surface area contributed by atoms with E-state index in [0.29, 0.717) is 19.8 Å². The smallest absolute Gasteiger partial charge is 0.310 e. The van der Waals surface area contributed by atoms with Gasteiger partial charge in [0.2, 0.25) is 0 Å². The topological polar surface area (TPSA) is 80.5 Å². The molecule has 2 heterocycles. The highest BCUT2D eigenvalue weighted by Crippen LogP contribution is 2.21. The lowest BCUT2D eigenvalue weighted by Gasteiger charge is -2.29. The molecule has 0 bridgehead atoms. The van der Waals surface area contributed by atoms with Crippen LogP contribution in [0.25, 0.3) is 0 Å². The molecule has 1 aliphatic heterocycles. The van der Waals surface area contributed by atoms with Crippen molar-refractivity contribution in [1.82, 2.24) is 19.7 Å². The summed E-state index contributed by atoms with van der Waals surface area (Å²) >= 11 is 0. The fraction of sp³-hybridized carbons (Fsp3) is 0.750. The SMILES string of the molecule is CCCN(Cc1ncnn1C)C1COCC1C(=O)O. The summed E-state index contributed by atoms with van der Waals surface area (Å²) in [5, 5.41) is 13.3. The molecule has 1 N–H and O–H groups in total. The van der Waals surface area contributed by atoms with E-state index in [-0.39, 0.29) is 6.04 Å². The van der Waals surface area contributed by atoms with Gasteiger partial charge in [0, 0.05) is 13.1 Å². The van der Waals surface area contributed by atoms with Gasteiger partial charge in [-0.05, 0) is 13.0 Å². The van der Waals surface area contributed by atoms with Crippen molar-refractivity contribution in [3.05, 3.63) is 12.2 Å². The molecule has 2 atom stereocenters. The van der Waals surface area contributed by atoms with Gasteiger partial charge in [-0.2, -0.15) is 5.10 Å². The molecule has 0 amide bonds. The normalized spacial score (nSPS) is 23.1. The van der Waals surface area contributed by atoms with E-state index in [1.807, 2.05) is 7.05 Å². The molecular formula is C12H20N4O3. The monoisotopic (exact) mass is 268 g/mol. The summed E-state index contributed by atoms with van der Waals surface area (Å²) in [5.74, 6) is -0.411. The standard InChI is InChI=1S/C12H20N4O3/c1-3-4-16(5-11-13-8-14-15(11)2)10-7-19-6-9(10)12(17)18/h8-10H,3-7H2,1-2H3,(H,17,18). The van der Waals surface area contributed by atoms with Crippen molar-refractivity contribution in [2.75, 3.05) is 19.8 Å². The Morgan fingerprint density at radius 2 is 2.42 bits per heavy atom. The van der Waals surface area contributed by atoms with E-state index < -0.39 is 11.9 Å². The van der Waals surface area contributed by atoms with E-state index in [2.05, 4.69) is 21.9 Å².